The predicted octanol–water partition coefficient (Wildman–Crippen LogP) is 2.97. The summed E-state index contributed by atoms with van der Waals surface area (Å²) in [5, 5.41) is 7.05. The second kappa shape index (κ2) is 6.04. The van der Waals surface area contributed by atoms with Crippen molar-refractivity contribution >= 4 is 33.4 Å². The van der Waals surface area contributed by atoms with Crippen molar-refractivity contribution in [1.29, 1.82) is 0 Å². The summed E-state index contributed by atoms with van der Waals surface area (Å²) in [4.78, 5) is 12.2. The lowest BCUT2D eigenvalue weighted by molar-refractivity contribution is 0.0919. The molecule has 1 aromatic carbocycles. The first kappa shape index (κ1) is 13.8. The summed E-state index contributed by atoms with van der Waals surface area (Å²) in [6, 6.07) is 5.70. The van der Waals surface area contributed by atoms with Crippen LogP contribution in [-0.4, -0.2) is 24.5 Å². The third-order valence-corrected chi connectivity index (χ3v) is 4.15. The fraction of sp³-hybridized carbons (Fsp3) is 0.462. The Morgan fingerprint density at radius 1 is 1.56 bits per heavy atom. The zero-order valence-electron chi connectivity index (χ0n) is 10.2. The average Bonchev–Trinajstić information content (AvgIpc) is 2.32. The lowest BCUT2D eigenvalue weighted by Gasteiger charge is -2.30. The molecule has 0 aliphatic carbocycles. The molecule has 5 heteroatoms. The Morgan fingerprint density at radius 2 is 2.33 bits per heavy atom. The first-order valence-electron chi connectivity index (χ1n) is 6.07. The molecule has 1 aliphatic rings. The third kappa shape index (κ3) is 3.25. The molecule has 0 saturated carbocycles. The van der Waals surface area contributed by atoms with E-state index in [4.69, 9.17) is 11.6 Å². The van der Waals surface area contributed by atoms with E-state index in [1.54, 1.807) is 18.2 Å². The molecule has 0 spiro atoms. The molecule has 18 heavy (non-hydrogen) atoms. The van der Waals surface area contributed by atoms with Crippen molar-refractivity contribution in [3.05, 3.63) is 33.3 Å². The maximum atomic E-state index is 12.2. The lowest BCUT2D eigenvalue weighted by Crippen LogP contribution is -2.51. The fourth-order valence-electron chi connectivity index (χ4n) is 2.16. The molecule has 0 radical (unpaired) electrons. The highest BCUT2D eigenvalue weighted by atomic mass is 79.9. The summed E-state index contributed by atoms with van der Waals surface area (Å²) < 4.78 is 0.726. The van der Waals surface area contributed by atoms with Gasteiger partial charge in [0.15, 0.2) is 0 Å². The van der Waals surface area contributed by atoms with E-state index < -0.39 is 0 Å². The molecule has 2 atom stereocenters. The van der Waals surface area contributed by atoms with Crippen LogP contribution in [0.5, 0.6) is 0 Å². The van der Waals surface area contributed by atoms with E-state index in [9.17, 15) is 4.79 Å². The predicted molar refractivity (Wildman–Crippen MR) is 77.1 cm³/mol. The number of carbonyl (C=O) groups excluding carboxylic acids is 1. The van der Waals surface area contributed by atoms with Crippen molar-refractivity contribution in [1.82, 2.24) is 10.6 Å². The molecule has 2 rings (SSSR count). The van der Waals surface area contributed by atoms with Crippen LogP contribution >= 0.6 is 27.5 Å². The molecule has 1 aliphatic heterocycles. The lowest BCUT2D eigenvalue weighted by atomic mass is 9.99. The van der Waals surface area contributed by atoms with Crippen LogP contribution in [0.4, 0.5) is 0 Å². The van der Waals surface area contributed by atoms with Gasteiger partial charge < -0.3 is 10.6 Å². The molecular weight excluding hydrogens is 316 g/mol. The van der Waals surface area contributed by atoms with Crippen molar-refractivity contribution in [2.45, 2.75) is 31.8 Å². The van der Waals surface area contributed by atoms with Gasteiger partial charge in [0.2, 0.25) is 0 Å². The highest BCUT2D eigenvalue weighted by Gasteiger charge is 2.23. The third-order valence-electron chi connectivity index (χ3n) is 3.25. The molecule has 0 aromatic heterocycles. The molecule has 1 saturated heterocycles. The smallest absolute Gasteiger partial charge is 0.252 e. The minimum atomic E-state index is -0.0564. The second-order valence-corrected chi connectivity index (χ2v) is 5.88. The quantitative estimate of drug-likeness (QED) is 0.875. The molecule has 3 nitrogen and oxygen atoms in total. The number of halogens is 2. The van der Waals surface area contributed by atoms with E-state index in [0.29, 0.717) is 16.6 Å². The molecule has 0 bridgehead atoms. The van der Waals surface area contributed by atoms with E-state index in [-0.39, 0.29) is 11.9 Å². The number of benzene rings is 1. The Bertz CT molecular complexity index is 453. The van der Waals surface area contributed by atoms with Gasteiger partial charge in [0.1, 0.15) is 0 Å². The molecule has 1 heterocycles. The summed E-state index contributed by atoms with van der Waals surface area (Å²) in [5.74, 6) is -0.0564. The molecule has 1 amide bonds. The van der Waals surface area contributed by atoms with Crippen molar-refractivity contribution in [2.75, 3.05) is 6.54 Å². The summed E-state index contributed by atoms with van der Waals surface area (Å²) in [7, 11) is 0. The Hall–Kier alpha value is -0.580. The molecule has 2 unspecified atom stereocenters. The van der Waals surface area contributed by atoms with Gasteiger partial charge in [0.05, 0.1) is 5.56 Å². The Balaban J connectivity index is 2.07. The van der Waals surface area contributed by atoms with Gasteiger partial charge in [-0.15, -0.1) is 0 Å². The molecule has 1 aromatic rings. The van der Waals surface area contributed by atoms with Crippen molar-refractivity contribution in [2.24, 2.45) is 0 Å². The van der Waals surface area contributed by atoms with E-state index in [1.165, 1.54) is 0 Å². The number of hydrogen-bond acceptors (Lipinski definition) is 2. The summed E-state index contributed by atoms with van der Waals surface area (Å²) in [5.41, 5.74) is 0.622. The van der Waals surface area contributed by atoms with Gasteiger partial charge in [-0.25, -0.2) is 0 Å². The van der Waals surface area contributed by atoms with Gasteiger partial charge in [0, 0.05) is 21.6 Å². The van der Waals surface area contributed by atoms with Crippen LogP contribution in [0, 0.1) is 0 Å². The number of carbonyl (C=O) groups is 1. The van der Waals surface area contributed by atoms with Gasteiger partial charge in [-0.2, -0.15) is 0 Å². The first-order valence-corrected chi connectivity index (χ1v) is 7.24. The highest BCUT2D eigenvalue weighted by molar-refractivity contribution is 9.10. The van der Waals surface area contributed by atoms with Crippen molar-refractivity contribution < 1.29 is 4.79 Å². The monoisotopic (exact) mass is 330 g/mol. The molecule has 2 N–H and O–H groups in total. The number of piperidine rings is 1. The van der Waals surface area contributed by atoms with E-state index in [1.807, 2.05) is 0 Å². The van der Waals surface area contributed by atoms with Gasteiger partial charge in [-0.3, -0.25) is 4.79 Å². The Labute approximate surface area is 120 Å². The minimum absolute atomic E-state index is 0.0564. The van der Waals surface area contributed by atoms with Crippen LogP contribution in [0.15, 0.2) is 22.7 Å². The number of rotatable bonds is 2. The SMILES string of the molecule is CC1NCCCC1NC(=O)c1ccc(Cl)cc1Br. The van der Waals surface area contributed by atoms with Crippen molar-refractivity contribution in [3.63, 3.8) is 0 Å². The van der Waals surface area contributed by atoms with Crippen LogP contribution in [0.1, 0.15) is 30.1 Å². The summed E-state index contributed by atoms with van der Waals surface area (Å²) in [6.07, 6.45) is 2.11. The van der Waals surface area contributed by atoms with Crippen LogP contribution in [-0.2, 0) is 0 Å². The maximum Gasteiger partial charge on any atom is 0.252 e. The van der Waals surface area contributed by atoms with Crippen LogP contribution < -0.4 is 10.6 Å². The molecule has 1 fully saturated rings. The van der Waals surface area contributed by atoms with E-state index in [0.717, 1.165) is 23.9 Å². The average molecular weight is 332 g/mol. The zero-order valence-corrected chi connectivity index (χ0v) is 12.5. The van der Waals surface area contributed by atoms with E-state index >= 15 is 0 Å². The largest absolute Gasteiger partial charge is 0.348 e. The topological polar surface area (TPSA) is 41.1 Å². The normalized spacial score (nSPS) is 23.7. The summed E-state index contributed by atoms with van der Waals surface area (Å²) >= 11 is 9.23. The highest BCUT2D eigenvalue weighted by Crippen LogP contribution is 2.22. The zero-order chi connectivity index (χ0) is 13.1. The second-order valence-electron chi connectivity index (χ2n) is 4.59. The Kier molecular flexibility index (Phi) is 4.65. The van der Waals surface area contributed by atoms with Gasteiger partial charge >= 0.3 is 0 Å². The van der Waals surface area contributed by atoms with Gasteiger partial charge in [-0.1, -0.05) is 11.6 Å². The molecular formula is C13H16BrClN2O. The fourth-order valence-corrected chi connectivity index (χ4v) is 3.02. The van der Waals surface area contributed by atoms with Gasteiger partial charge in [-0.05, 0) is 60.4 Å². The van der Waals surface area contributed by atoms with Crippen molar-refractivity contribution in [3.8, 4) is 0 Å². The van der Waals surface area contributed by atoms with Crippen LogP contribution in [0.2, 0.25) is 5.02 Å². The molecule has 98 valence electrons. The standard InChI is InChI=1S/C13H16BrClN2O/c1-8-12(3-2-6-16-8)17-13(18)10-5-4-9(15)7-11(10)14/h4-5,7-8,12,16H,2-3,6H2,1H3,(H,17,18). The minimum Gasteiger partial charge on any atom is -0.348 e. The first-order chi connectivity index (χ1) is 8.58. The maximum absolute atomic E-state index is 12.2. The van der Waals surface area contributed by atoms with Crippen LogP contribution in [0.3, 0.4) is 0 Å². The van der Waals surface area contributed by atoms with Crippen LogP contribution in [0.25, 0.3) is 0 Å². The van der Waals surface area contributed by atoms with Gasteiger partial charge in [0.25, 0.3) is 5.91 Å². The van der Waals surface area contributed by atoms with E-state index in [2.05, 4.69) is 33.5 Å². The number of amides is 1. The summed E-state index contributed by atoms with van der Waals surface area (Å²) in [6.45, 7) is 3.12. The number of nitrogens with one attached hydrogen (secondary N) is 2. The Morgan fingerprint density at radius 3 is 3.00 bits per heavy atom. The number of hydrogen-bond donors (Lipinski definition) is 2.